The van der Waals surface area contributed by atoms with Gasteiger partial charge in [0.2, 0.25) is 0 Å². The molecule has 1 saturated heterocycles. The lowest BCUT2D eigenvalue weighted by Crippen LogP contribution is -2.24. The normalized spacial score (nSPS) is 22.8. The fraction of sp³-hybridized carbons (Fsp3) is 0.647. The van der Waals surface area contributed by atoms with Gasteiger partial charge in [0.1, 0.15) is 0 Å². The van der Waals surface area contributed by atoms with E-state index in [1.165, 1.54) is 11.3 Å². The van der Waals surface area contributed by atoms with Crippen molar-refractivity contribution in [3.8, 4) is 0 Å². The van der Waals surface area contributed by atoms with Gasteiger partial charge in [-0.1, -0.05) is 45.4 Å². The molecule has 2 unspecified atom stereocenters. The van der Waals surface area contributed by atoms with Crippen molar-refractivity contribution in [2.45, 2.75) is 34.2 Å². The number of nitrogens with zero attached hydrogens (tertiary/aromatic N) is 1. The second-order valence-electron chi connectivity index (χ2n) is 6.66. The van der Waals surface area contributed by atoms with Crippen molar-refractivity contribution in [2.24, 2.45) is 17.8 Å². The quantitative estimate of drug-likeness (QED) is 0.876. The van der Waals surface area contributed by atoms with E-state index in [2.05, 4.69) is 50.0 Å². The first-order valence-electron chi connectivity index (χ1n) is 7.71. The van der Waals surface area contributed by atoms with Crippen LogP contribution in [0.25, 0.3) is 0 Å². The number of benzene rings is 1. The van der Waals surface area contributed by atoms with Gasteiger partial charge in [0.05, 0.1) is 0 Å². The Balaban J connectivity index is 2.12. The smallest absolute Gasteiger partial charge is 0.0426 e. The molecule has 1 fully saturated rings. The highest BCUT2D eigenvalue weighted by molar-refractivity contribution is 6.30. The number of hydrogen-bond donors (Lipinski definition) is 1. The number of rotatable bonds is 5. The van der Waals surface area contributed by atoms with Crippen LogP contribution < -0.4 is 10.2 Å². The topological polar surface area (TPSA) is 15.3 Å². The minimum atomic E-state index is 0.678. The van der Waals surface area contributed by atoms with Crippen LogP contribution in [0.1, 0.15) is 33.3 Å². The molecule has 1 aromatic rings. The van der Waals surface area contributed by atoms with E-state index in [4.69, 9.17) is 11.6 Å². The van der Waals surface area contributed by atoms with E-state index >= 15 is 0 Å². The van der Waals surface area contributed by atoms with Crippen molar-refractivity contribution in [3.05, 3.63) is 28.8 Å². The summed E-state index contributed by atoms with van der Waals surface area (Å²) in [5.74, 6) is 2.19. The summed E-state index contributed by atoms with van der Waals surface area (Å²) in [6.45, 7) is 13.4. The number of halogens is 1. The van der Waals surface area contributed by atoms with Gasteiger partial charge in [-0.05, 0) is 42.0 Å². The molecule has 20 heavy (non-hydrogen) atoms. The molecule has 0 saturated carbocycles. The van der Waals surface area contributed by atoms with E-state index in [1.54, 1.807) is 0 Å². The summed E-state index contributed by atoms with van der Waals surface area (Å²) in [7, 11) is 0. The molecule has 0 radical (unpaired) electrons. The van der Waals surface area contributed by atoms with Gasteiger partial charge in [0.25, 0.3) is 0 Å². The van der Waals surface area contributed by atoms with Crippen LogP contribution in [-0.2, 0) is 6.54 Å². The summed E-state index contributed by atoms with van der Waals surface area (Å²) in [4.78, 5) is 2.49. The number of nitrogens with one attached hydrogen (secondary N) is 1. The maximum absolute atomic E-state index is 6.21. The van der Waals surface area contributed by atoms with E-state index < -0.39 is 0 Å². The third kappa shape index (κ3) is 3.89. The lowest BCUT2D eigenvalue weighted by molar-refractivity contribution is 0.494. The molecule has 0 bridgehead atoms. The number of anilines is 1. The first-order chi connectivity index (χ1) is 9.47. The van der Waals surface area contributed by atoms with E-state index in [9.17, 15) is 0 Å². The standard InChI is InChI=1S/C17H27ClN2/c1-12(2)8-19-9-15-5-6-16(18)7-17(15)20-10-13(3)14(4)11-20/h5-7,12-14,19H,8-11H2,1-4H3. The van der Waals surface area contributed by atoms with Crippen molar-refractivity contribution in [2.75, 3.05) is 24.5 Å². The van der Waals surface area contributed by atoms with Crippen LogP contribution in [0.4, 0.5) is 5.69 Å². The van der Waals surface area contributed by atoms with Gasteiger partial charge in [-0.25, -0.2) is 0 Å². The Morgan fingerprint density at radius 2 is 1.90 bits per heavy atom. The van der Waals surface area contributed by atoms with Gasteiger partial charge in [0.15, 0.2) is 0 Å². The Morgan fingerprint density at radius 3 is 2.50 bits per heavy atom. The maximum Gasteiger partial charge on any atom is 0.0426 e. The summed E-state index contributed by atoms with van der Waals surface area (Å²) in [5.41, 5.74) is 2.67. The fourth-order valence-corrected chi connectivity index (χ4v) is 2.97. The van der Waals surface area contributed by atoms with Crippen molar-refractivity contribution in [1.29, 1.82) is 0 Å². The maximum atomic E-state index is 6.21. The summed E-state index contributed by atoms with van der Waals surface area (Å²) in [5, 5.41) is 4.37. The Bertz CT molecular complexity index is 435. The minimum Gasteiger partial charge on any atom is -0.371 e. The van der Waals surface area contributed by atoms with Gasteiger partial charge in [-0.2, -0.15) is 0 Å². The SMILES string of the molecule is CC(C)CNCc1ccc(Cl)cc1N1CC(C)C(C)C1. The van der Waals surface area contributed by atoms with E-state index in [0.717, 1.165) is 43.0 Å². The Hall–Kier alpha value is -0.730. The van der Waals surface area contributed by atoms with E-state index in [0.29, 0.717) is 5.92 Å². The molecule has 2 atom stereocenters. The van der Waals surface area contributed by atoms with Gasteiger partial charge in [-0.15, -0.1) is 0 Å². The molecular weight excluding hydrogens is 268 g/mol. The molecule has 1 aromatic carbocycles. The lowest BCUT2D eigenvalue weighted by atomic mass is 10.0. The predicted octanol–water partition coefficient (Wildman–Crippen LogP) is 4.18. The molecule has 1 aliphatic heterocycles. The van der Waals surface area contributed by atoms with Crippen LogP contribution in [0.15, 0.2) is 18.2 Å². The van der Waals surface area contributed by atoms with Crippen LogP contribution >= 0.6 is 11.6 Å². The molecular formula is C17H27ClN2. The van der Waals surface area contributed by atoms with Crippen LogP contribution in [0.3, 0.4) is 0 Å². The monoisotopic (exact) mass is 294 g/mol. The highest BCUT2D eigenvalue weighted by Gasteiger charge is 2.27. The Morgan fingerprint density at radius 1 is 1.25 bits per heavy atom. The Kier molecular flexibility index (Phi) is 5.34. The number of hydrogen-bond acceptors (Lipinski definition) is 2. The second kappa shape index (κ2) is 6.82. The zero-order chi connectivity index (χ0) is 14.7. The molecule has 2 rings (SSSR count). The summed E-state index contributed by atoms with van der Waals surface area (Å²) in [6, 6.07) is 6.29. The molecule has 112 valence electrons. The zero-order valence-corrected chi connectivity index (χ0v) is 13.9. The molecule has 1 heterocycles. The third-order valence-electron chi connectivity index (χ3n) is 4.24. The predicted molar refractivity (Wildman–Crippen MR) is 88.5 cm³/mol. The van der Waals surface area contributed by atoms with E-state index in [-0.39, 0.29) is 0 Å². The molecule has 3 heteroatoms. The average Bonchev–Trinajstić information content (AvgIpc) is 2.71. The molecule has 0 aliphatic carbocycles. The average molecular weight is 295 g/mol. The molecule has 0 spiro atoms. The summed E-state index contributed by atoms with van der Waals surface area (Å²) in [6.07, 6.45) is 0. The zero-order valence-electron chi connectivity index (χ0n) is 13.1. The van der Waals surface area contributed by atoms with E-state index in [1.807, 2.05) is 6.07 Å². The summed E-state index contributed by atoms with van der Waals surface area (Å²) >= 11 is 6.21. The van der Waals surface area contributed by atoms with Crippen LogP contribution in [0.2, 0.25) is 5.02 Å². The largest absolute Gasteiger partial charge is 0.371 e. The lowest BCUT2D eigenvalue weighted by Gasteiger charge is -2.23. The fourth-order valence-electron chi connectivity index (χ4n) is 2.80. The Labute approximate surface area is 128 Å². The highest BCUT2D eigenvalue weighted by atomic mass is 35.5. The molecule has 2 nitrogen and oxygen atoms in total. The third-order valence-corrected chi connectivity index (χ3v) is 4.48. The second-order valence-corrected chi connectivity index (χ2v) is 7.09. The van der Waals surface area contributed by atoms with Crippen molar-refractivity contribution in [3.63, 3.8) is 0 Å². The first kappa shape index (κ1) is 15.7. The first-order valence-corrected chi connectivity index (χ1v) is 8.09. The molecule has 1 aliphatic rings. The van der Waals surface area contributed by atoms with Crippen molar-refractivity contribution >= 4 is 17.3 Å². The van der Waals surface area contributed by atoms with Crippen LogP contribution in [0, 0.1) is 17.8 Å². The van der Waals surface area contributed by atoms with Gasteiger partial charge < -0.3 is 10.2 Å². The van der Waals surface area contributed by atoms with Crippen molar-refractivity contribution in [1.82, 2.24) is 5.32 Å². The van der Waals surface area contributed by atoms with Crippen LogP contribution in [0.5, 0.6) is 0 Å². The van der Waals surface area contributed by atoms with Gasteiger partial charge in [0, 0.05) is 30.3 Å². The van der Waals surface area contributed by atoms with Crippen molar-refractivity contribution < 1.29 is 0 Å². The molecule has 0 amide bonds. The highest BCUT2D eigenvalue weighted by Crippen LogP contribution is 2.32. The minimum absolute atomic E-state index is 0.678. The van der Waals surface area contributed by atoms with Gasteiger partial charge in [-0.3, -0.25) is 0 Å². The summed E-state index contributed by atoms with van der Waals surface area (Å²) < 4.78 is 0. The molecule has 1 N–H and O–H groups in total. The van der Waals surface area contributed by atoms with Gasteiger partial charge >= 0.3 is 0 Å². The van der Waals surface area contributed by atoms with Crippen LogP contribution in [-0.4, -0.2) is 19.6 Å². The molecule has 0 aromatic heterocycles.